The molecular weight excluding hydrogens is 464 g/mol. The number of morpholine rings is 1. The normalized spacial score (nSPS) is 17.5. The molecule has 172 valence electrons. The second-order valence-electron chi connectivity index (χ2n) is 7.59. The number of sulfonamides is 1. The van der Waals surface area contributed by atoms with Crippen molar-refractivity contribution in [3.63, 3.8) is 0 Å². The molecule has 33 heavy (non-hydrogen) atoms. The summed E-state index contributed by atoms with van der Waals surface area (Å²) in [5.74, 6) is -0.0131. The predicted molar refractivity (Wildman–Crippen MR) is 124 cm³/mol. The van der Waals surface area contributed by atoms with E-state index < -0.39 is 10.0 Å². The summed E-state index contributed by atoms with van der Waals surface area (Å²) in [6.07, 6.45) is 0.712. The van der Waals surface area contributed by atoms with Crippen LogP contribution in [0.5, 0.6) is 0 Å². The van der Waals surface area contributed by atoms with Crippen LogP contribution in [-0.2, 0) is 19.6 Å². The van der Waals surface area contributed by atoms with Crippen molar-refractivity contribution in [1.82, 2.24) is 14.3 Å². The van der Waals surface area contributed by atoms with Crippen LogP contribution in [0.2, 0.25) is 0 Å². The quantitative estimate of drug-likeness (QED) is 0.493. The number of carbonyl (C=O) groups is 1. The predicted octanol–water partition coefficient (Wildman–Crippen LogP) is 2.58. The lowest BCUT2D eigenvalue weighted by Gasteiger charge is -2.25. The van der Waals surface area contributed by atoms with E-state index >= 15 is 0 Å². The fourth-order valence-electron chi connectivity index (χ4n) is 3.71. The Hall–Kier alpha value is -2.73. The summed E-state index contributed by atoms with van der Waals surface area (Å²) in [7, 11) is -3.62. The molecule has 11 heteroatoms. The molecule has 3 aromatic rings. The van der Waals surface area contributed by atoms with E-state index in [1.165, 1.54) is 21.4 Å². The number of oxazole rings is 1. The van der Waals surface area contributed by atoms with E-state index in [2.05, 4.69) is 10.1 Å². The summed E-state index contributed by atoms with van der Waals surface area (Å²) in [6, 6.07) is 14.4. The second kappa shape index (κ2) is 9.26. The van der Waals surface area contributed by atoms with Crippen LogP contribution in [0.1, 0.15) is 12.0 Å². The first-order chi connectivity index (χ1) is 16.0. The molecule has 2 aromatic carbocycles. The zero-order valence-electron chi connectivity index (χ0n) is 17.7. The molecule has 1 saturated heterocycles. The number of thioether (sulfide) groups is 1. The molecule has 0 aliphatic carbocycles. The molecule has 0 atom stereocenters. The Balaban J connectivity index is 1.25. The van der Waals surface area contributed by atoms with Crippen molar-refractivity contribution in [3.8, 4) is 0 Å². The van der Waals surface area contributed by atoms with Gasteiger partial charge in [-0.05, 0) is 23.8 Å². The largest absolute Gasteiger partial charge is 0.431 e. The van der Waals surface area contributed by atoms with Crippen molar-refractivity contribution < 1.29 is 22.4 Å². The zero-order valence-corrected chi connectivity index (χ0v) is 19.3. The molecule has 1 aromatic heterocycles. The van der Waals surface area contributed by atoms with Crippen molar-refractivity contribution in [3.05, 3.63) is 54.1 Å². The van der Waals surface area contributed by atoms with Crippen LogP contribution < -0.4 is 0 Å². The van der Waals surface area contributed by atoms with E-state index in [-0.39, 0.29) is 16.6 Å². The van der Waals surface area contributed by atoms with Crippen LogP contribution in [0.4, 0.5) is 0 Å². The molecule has 5 rings (SSSR count). The molecule has 2 aliphatic heterocycles. The molecule has 9 nitrogen and oxygen atoms in total. The Labute approximate surface area is 195 Å². The lowest BCUT2D eigenvalue weighted by atomic mass is 10.1. The number of benzene rings is 2. The number of rotatable bonds is 6. The van der Waals surface area contributed by atoms with Crippen LogP contribution in [0.3, 0.4) is 0 Å². The third kappa shape index (κ3) is 4.67. The Kier molecular flexibility index (Phi) is 6.19. The lowest BCUT2D eigenvalue weighted by Crippen LogP contribution is -2.40. The monoisotopic (exact) mass is 486 g/mol. The van der Waals surface area contributed by atoms with Crippen LogP contribution in [0.15, 0.2) is 68.2 Å². The van der Waals surface area contributed by atoms with Gasteiger partial charge < -0.3 is 9.15 Å². The number of amides is 1. The van der Waals surface area contributed by atoms with Gasteiger partial charge in [0, 0.05) is 19.5 Å². The maximum absolute atomic E-state index is 12.9. The standard InChI is InChI=1S/C22H22N4O5S2/c27-21(26-9-8-18(24-26)16-4-2-1-3-5-16)15-32-22-23-19-14-17(6-7-20(19)31-22)33(28,29)25-10-12-30-13-11-25/h1-7,14H,8-13,15H2. The van der Waals surface area contributed by atoms with E-state index in [9.17, 15) is 13.2 Å². The minimum Gasteiger partial charge on any atom is -0.431 e. The highest BCUT2D eigenvalue weighted by Crippen LogP contribution is 2.27. The maximum Gasteiger partial charge on any atom is 0.257 e. The van der Waals surface area contributed by atoms with Gasteiger partial charge in [-0.1, -0.05) is 42.1 Å². The molecule has 1 amide bonds. The number of hydrogen-bond donors (Lipinski definition) is 0. The first-order valence-electron chi connectivity index (χ1n) is 10.6. The average Bonchev–Trinajstić information content (AvgIpc) is 3.50. The summed E-state index contributed by atoms with van der Waals surface area (Å²) in [4.78, 5) is 17.1. The van der Waals surface area contributed by atoms with Crippen LogP contribution in [0.25, 0.3) is 11.1 Å². The number of fused-ring (bicyclic) bond motifs is 1. The topological polar surface area (TPSA) is 105 Å². The minimum absolute atomic E-state index is 0.122. The molecule has 0 N–H and O–H groups in total. The fourth-order valence-corrected chi connectivity index (χ4v) is 5.85. The number of hydrogen-bond acceptors (Lipinski definition) is 8. The van der Waals surface area contributed by atoms with Gasteiger partial charge in [-0.3, -0.25) is 4.79 Å². The number of ether oxygens (including phenoxy) is 1. The van der Waals surface area contributed by atoms with Gasteiger partial charge >= 0.3 is 0 Å². The first-order valence-corrected chi connectivity index (χ1v) is 13.0. The van der Waals surface area contributed by atoms with Crippen molar-refractivity contribution in [1.29, 1.82) is 0 Å². The Morgan fingerprint density at radius 1 is 1.06 bits per heavy atom. The van der Waals surface area contributed by atoms with Gasteiger partial charge in [0.15, 0.2) is 5.58 Å². The number of carbonyl (C=O) groups excluding carboxylic acids is 1. The van der Waals surface area contributed by atoms with Gasteiger partial charge in [-0.25, -0.2) is 18.4 Å². The lowest BCUT2D eigenvalue weighted by molar-refractivity contribution is -0.127. The number of nitrogens with zero attached hydrogens (tertiary/aromatic N) is 4. The van der Waals surface area contributed by atoms with Crippen LogP contribution in [-0.4, -0.2) is 72.9 Å². The van der Waals surface area contributed by atoms with E-state index in [0.29, 0.717) is 55.6 Å². The Morgan fingerprint density at radius 3 is 2.64 bits per heavy atom. The fraction of sp³-hybridized carbons (Fsp3) is 0.318. The molecule has 3 heterocycles. The van der Waals surface area contributed by atoms with E-state index in [0.717, 1.165) is 23.0 Å². The molecule has 2 aliphatic rings. The summed E-state index contributed by atoms with van der Waals surface area (Å²) in [6.45, 7) is 1.96. The first kappa shape index (κ1) is 22.1. The summed E-state index contributed by atoms with van der Waals surface area (Å²) in [5.41, 5.74) is 2.81. The third-order valence-electron chi connectivity index (χ3n) is 5.46. The smallest absolute Gasteiger partial charge is 0.257 e. The van der Waals surface area contributed by atoms with Gasteiger partial charge in [-0.2, -0.15) is 9.41 Å². The molecule has 0 unspecified atom stereocenters. The summed E-state index contributed by atoms with van der Waals surface area (Å²) < 4.78 is 38.1. The van der Waals surface area contributed by atoms with Gasteiger partial charge in [0.05, 0.1) is 36.1 Å². The molecule has 0 spiro atoms. The minimum atomic E-state index is -3.62. The second-order valence-corrected chi connectivity index (χ2v) is 10.5. The molecule has 0 radical (unpaired) electrons. The van der Waals surface area contributed by atoms with Crippen molar-refractivity contribution in [2.75, 3.05) is 38.6 Å². The SMILES string of the molecule is O=C(CSc1nc2cc(S(=O)(=O)N3CCOCC3)ccc2o1)N1CCC(c2ccccc2)=N1. The zero-order chi connectivity index (χ0) is 22.8. The van der Waals surface area contributed by atoms with Crippen molar-refractivity contribution in [2.45, 2.75) is 16.5 Å². The third-order valence-corrected chi connectivity index (χ3v) is 8.17. The highest BCUT2D eigenvalue weighted by Gasteiger charge is 2.27. The van der Waals surface area contributed by atoms with Gasteiger partial charge in [0.25, 0.3) is 11.1 Å². The molecule has 1 fully saturated rings. The van der Waals surface area contributed by atoms with Gasteiger partial charge in [0.2, 0.25) is 10.0 Å². The summed E-state index contributed by atoms with van der Waals surface area (Å²) in [5, 5.41) is 6.24. The Morgan fingerprint density at radius 2 is 1.85 bits per heavy atom. The average molecular weight is 487 g/mol. The molecule has 0 bridgehead atoms. The van der Waals surface area contributed by atoms with Gasteiger partial charge in [0.1, 0.15) is 5.52 Å². The van der Waals surface area contributed by atoms with Gasteiger partial charge in [-0.15, -0.1) is 0 Å². The summed E-state index contributed by atoms with van der Waals surface area (Å²) >= 11 is 1.16. The highest BCUT2D eigenvalue weighted by atomic mass is 32.2. The van der Waals surface area contributed by atoms with E-state index in [4.69, 9.17) is 9.15 Å². The molecule has 0 saturated carbocycles. The molecular formula is C22H22N4O5S2. The van der Waals surface area contributed by atoms with Crippen molar-refractivity contribution in [2.24, 2.45) is 5.10 Å². The van der Waals surface area contributed by atoms with E-state index in [1.807, 2.05) is 30.3 Å². The Bertz CT molecular complexity index is 1300. The number of aromatic nitrogens is 1. The van der Waals surface area contributed by atoms with Crippen molar-refractivity contribution >= 4 is 44.5 Å². The highest BCUT2D eigenvalue weighted by molar-refractivity contribution is 7.99. The van der Waals surface area contributed by atoms with Crippen LogP contribution >= 0.6 is 11.8 Å². The number of hydrazone groups is 1. The maximum atomic E-state index is 12.9. The van der Waals surface area contributed by atoms with E-state index in [1.54, 1.807) is 6.07 Å². The van der Waals surface area contributed by atoms with Crippen LogP contribution in [0, 0.1) is 0 Å².